The van der Waals surface area contributed by atoms with Gasteiger partial charge in [-0.25, -0.2) is 14.8 Å². The van der Waals surface area contributed by atoms with Crippen LogP contribution in [-0.4, -0.2) is 43.7 Å². The number of rotatable bonds is 5. The van der Waals surface area contributed by atoms with Crippen LogP contribution in [0.5, 0.6) is 0 Å². The van der Waals surface area contributed by atoms with Gasteiger partial charge in [0.25, 0.3) is 0 Å². The standard InChI is InChI=1S/C15H20F3N3O2.C10H12F3N3/c1-14(2,3)23-13(22)21-10-4-9(5-10)6-11-7-20-12(8-19-11)15(16,17)18;11-10(12,13)9-5-15-8(4-16-9)3-6-1-7(14)2-6/h7-10H,4-6H2,1-3H3,(H,21,22);4-7H,1-3,14H2. The Morgan fingerprint density at radius 3 is 1.59 bits per heavy atom. The minimum absolute atomic E-state index is 0.0391. The summed E-state index contributed by atoms with van der Waals surface area (Å²) in [6.07, 6.45) is -0.862. The molecule has 0 unspecified atom stereocenters. The molecule has 0 bridgehead atoms. The van der Waals surface area contributed by atoms with Crippen LogP contribution in [0, 0.1) is 11.8 Å². The monoisotopic (exact) mass is 562 g/mol. The maximum Gasteiger partial charge on any atom is 0.434 e. The van der Waals surface area contributed by atoms with Crippen molar-refractivity contribution in [3.05, 3.63) is 47.6 Å². The summed E-state index contributed by atoms with van der Waals surface area (Å²) in [5.74, 6) is 0.724. The van der Waals surface area contributed by atoms with Crippen LogP contribution in [0.1, 0.15) is 69.2 Å². The SMILES string of the molecule is CC(C)(C)OC(=O)NC1CC(Cc2cnc(C(F)(F)F)cn2)C1.NC1CC(Cc2cnc(C(F)(F)F)cn2)C1. The number of nitrogens with zero attached hydrogens (tertiary/aromatic N) is 4. The van der Waals surface area contributed by atoms with E-state index < -0.39 is 35.4 Å². The lowest BCUT2D eigenvalue weighted by atomic mass is 9.77. The van der Waals surface area contributed by atoms with E-state index >= 15 is 0 Å². The van der Waals surface area contributed by atoms with E-state index in [0.29, 0.717) is 30.1 Å². The van der Waals surface area contributed by atoms with Crippen LogP contribution in [0.2, 0.25) is 0 Å². The Bertz CT molecular complexity index is 1070. The first-order valence-corrected chi connectivity index (χ1v) is 12.5. The molecular weight excluding hydrogens is 530 g/mol. The Hall–Kier alpha value is -3.03. The van der Waals surface area contributed by atoms with E-state index in [1.165, 1.54) is 6.20 Å². The fourth-order valence-electron chi connectivity index (χ4n) is 4.25. The predicted octanol–water partition coefficient (Wildman–Crippen LogP) is 5.12. The second kappa shape index (κ2) is 12.0. The van der Waals surface area contributed by atoms with E-state index in [-0.39, 0.29) is 18.0 Å². The quantitative estimate of drug-likeness (QED) is 0.486. The second-order valence-electron chi connectivity index (χ2n) is 11.0. The number of aromatic nitrogens is 4. The van der Waals surface area contributed by atoms with Crippen molar-refractivity contribution in [2.24, 2.45) is 17.6 Å². The molecule has 0 spiro atoms. The maximum absolute atomic E-state index is 12.4. The number of hydrogen-bond acceptors (Lipinski definition) is 7. The van der Waals surface area contributed by atoms with E-state index in [9.17, 15) is 31.1 Å². The maximum atomic E-state index is 12.4. The Labute approximate surface area is 222 Å². The number of alkyl carbamates (subject to hydrolysis) is 1. The van der Waals surface area contributed by atoms with Crippen molar-refractivity contribution in [3.63, 3.8) is 0 Å². The van der Waals surface area contributed by atoms with Crippen molar-refractivity contribution in [1.82, 2.24) is 25.3 Å². The first-order chi connectivity index (χ1) is 18.0. The number of hydrogen-bond donors (Lipinski definition) is 2. The summed E-state index contributed by atoms with van der Waals surface area (Å²) < 4.78 is 78.9. The summed E-state index contributed by atoms with van der Waals surface area (Å²) in [4.78, 5) is 25.9. The molecule has 0 atom stereocenters. The van der Waals surface area contributed by atoms with Crippen molar-refractivity contribution in [1.29, 1.82) is 0 Å². The zero-order valence-electron chi connectivity index (χ0n) is 21.8. The molecule has 2 saturated carbocycles. The van der Waals surface area contributed by atoms with Gasteiger partial charge in [-0.2, -0.15) is 26.3 Å². The average molecular weight is 563 g/mol. The molecule has 1 amide bonds. The van der Waals surface area contributed by atoms with E-state index in [4.69, 9.17) is 10.5 Å². The first kappa shape index (κ1) is 30.5. The number of carbonyl (C=O) groups is 1. The summed E-state index contributed by atoms with van der Waals surface area (Å²) in [5.41, 5.74) is 4.28. The number of nitrogens with two attached hydrogens (primary N) is 1. The van der Waals surface area contributed by atoms with Gasteiger partial charge in [-0.1, -0.05) is 0 Å². The molecule has 0 aliphatic heterocycles. The highest BCUT2D eigenvalue weighted by molar-refractivity contribution is 5.68. The third-order valence-electron chi connectivity index (χ3n) is 6.22. The molecule has 0 aromatic carbocycles. The van der Waals surface area contributed by atoms with Gasteiger partial charge in [0, 0.05) is 24.5 Å². The summed E-state index contributed by atoms with van der Waals surface area (Å²) in [7, 11) is 0. The van der Waals surface area contributed by atoms with Crippen LogP contribution in [0.3, 0.4) is 0 Å². The molecule has 3 N–H and O–H groups in total. The third-order valence-corrected chi connectivity index (χ3v) is 6.22. The van der Waals surface area contributed by atoms with E-state index in [1.54, 1.807) is 20.8 Å². The van der Waals surface area contributed by atoms with Crippen LogP contribution in [0.15, 0.2) is 24.8 Å². The van der Waals surface area contributed by atoms with Crippen LogP contribution < -0.4 is 11.1 Å². The van der Waals surface area contributed by atoms with Gasteiger partial charge in [0.15, 0.2) is 11.4 Å². The molecule has 4 rings (SSSR count). The number of nitrogens with one attached hydrogen (secondary N) is 1. The summed E-state index contributed by atoms with van der Waals surface area (Å²) >= 11 is 0. The molecule has 0 radical (unpaired) electrons. The topological polar surface area (TPSA) is 116 Å². The van der Waals surface area contributed by atoms with Crippen LogP contribution >= 0.6 is 0 Å². The van der Waals surface area contributed by atoms with Crippen molar-refractivity contribution < 1.29 is 35.9 Å². The van der Waals surface area contributed by atoms with Crippen molar-refractivity contribution >= 4 is 6.09 Å². The number of carbonyl (C=O) groups excluding carboxylic acids is 1. The molecule has 2 aliphatic carbocycles. The minimum Gasteiger partial charge on any atom is -0.444 e. The van der Waals surface area contributed by atoms with Crippen molar-refractivity contribution in [2.45, 2.75) is 89.3 Å². The predicted molar refractivity (Wildman–Crippen MR) is 128 cm³/mol. The number of alkyl halides is 6. The molecule has 14 heteroatoms. The van der Waals surface area contributed by atoms with Crippen LogP contribution in [-0.2, 0) is 29.9 Å². The fraction of sp³-hybridized carbons (Fsp3) is 0.640. The molecular formula is C25H32F6N6O2. The smallest absolute Gasteiger partial charge is 0.434 e. The molecule has 2 heterocycles. The Morgan fingerprint density at radius 1 is 0.821 bits per heavy atom. The lowest BCUT2D eigenvalue weighted by Crippen LogP contribution is -2.46. The average Bonchev–Trinajstić information content (AvgIpc) is 2.75. The lowest BCUT2D eigenvalue weighted by molar-refractivity contribution is -0.142. The molecule has 8 nitrogen and oxygen atoms in total. The Kier molecular flexibility index (Phi) is 9.39. The van der Waals surface area contributed by atoms with Crippen molar-refractivity contribution in [3.8, 4) is 0 Å². The van der Waals surface area contributed by atoms with Crippen LogP contribution in [0.4, 0.5) is 31.1 Å². The summed E-state index contributed by atoms with van der Waals surface area (Å²) in [6, 6.07) is 0.282. The molecule has 39 heavy (non-hydrogen) atoms. The highest BCUT2D eigenvalue weighted by Crippen LogP contribution is 2.32. The number of ether oxygens (including phenoxy) is 1. The molecule has 2 aliphatic rings. The second-order valence-corrected chi connectivity index (χ2v) is 11.0. The summed E-state index contributed by atoms with van der Waals surface area (Å²) in [5, 5.41) is 2.77. The lowest BCUT2D eigenvalue weighted by Gasteiger charge is -2.36. The number of amides is 1. The third kappa shape index (κ3) is 9.90. The van der Waals surface area contributed by atoms with Gasteiger partial charge in [0.05, 0.1) is 23.8 Å². The van der Waals surface area contributed by atoms with Gasteiger partial charge in [0.2, 0.25) is 0 Å². The highest BCUT2D eigenvalue weighted by atomic mass is 19.4. The van der Waals surface area contributed by atoms with Gasteiger partial charge in [-0.15, -0.1) is 0 Å². The van der Waals surface area contributed by atoms with Gasteiger partial charge in [-0.3, -0.25) is 9.97 Å². The van der Waals surface area contributed by atoms with Crippen LogP contribution in [0.25, 0.3) is 0 Å². The normalized spacial score (nSPS) is 23.0. The molecule has 2 aromatic heterocycles. The minimum atomic E-state index is -4.47. The highest BCUT2D eigenvalue weighted by Gasteiger charge is 2.35. The van der Waals surface area contributed by atoms with Gasteiger partial charge in [-0.05, 0) is 71.1 Å². The Balaban J connectivity index is 0.000000230. The van der Waals surface area contributed by atoms with Gasteiger partial charge in [0.1, 0.15) is 5.60 Å². The number of halogens is 6. The molecule has 0 saturated heterocycles. The molecule has 2 aromatic rings. The molecule has 216 valence electrons. The van der Waals surface area contributed by atoms with E-state index in [0.717, 1.165) is 44.3 Å². The fourth-order valence-corrected chi connectivity index (χ4v) is 4.25. The van der Waals surface area contributed by atoms with E-state index in [1.807, 2.05) is 0 Å². The first-order valence-electron chi connectivity index (χ1n) is 12.5. The Morgan fingerprint density at radius 2 is 1.26 bits per heavy atom. The summed E-state index contributed by atoms with van der Waals surface area (Å²) in [6.45, 7) is 5.37. The largest absolute Gasteiger partial charge is 0.444 e. The van der Waals surface area contributed by atoms with E-state index in [2.05, 4.69) is 25.3 Å². The van der Waals surface area contributed by atoms with Gasteiger partial charge >= 0.3 is 18.4 Å². The molecule has 2 fully saturated rings. The van der Waals surface area contributed by atoms with Gasteiger partial charge < -0.3 is 15.8 Å². The zero-order chi connectivity index (χ0) is 29.0. The zero-order valence-corrected chi connectivity index (χ0v) is 21.8. The van der Waals surface area contributed by atoms with Crippen molar-refractivity contribution in [2.75, 3.05) is 0 Å².